The number of hydrogen-bond donors (Lipinski definition) is 0. The van der Waals surface area contributed by atoms with E-state index in [0.29, 0.717) is 12.2 Å². The van der Waals surface area contributed by atoms with Crippen LogP contribution in [0, 0.1) is 48.5 Å². The van der Waals surface area contributed by atoms with E-state index in [9.17, 15) is 9.59 Å². The fourth-order valence-corrected chi connectivity index (χ4v) is 2.68. The molecule has 14 radical (unpaired) electrons. The van der Waals surface area contributed by atoms with Gasteiger partial charge in [-0.2, -0.15) is 0 Å². The molecule has 0 N–H and O–H groups in total. The van der Waals surface area contributed by atoms with Crippen LogP contribution < -0.4 is 4.74 Å². The maximum absolute atomic E-state index is 11.6. The van der Waals surface area contributed by atoms with Gasteiger partial charge in [0.15, 0.2) is 6.61 Å². The molecule has 286 valence electrons. The van der Waals surface area contributed by atoms with Gasteiger partial charge in [0.05, 0.1) is 46.2 Å². The van der Waals surface area contributed by atoms with E-state index in [-0.39, 0.29) is 52.9 Å². The molecular weight excluding hydrogens is 652 g/mol. The highest BCUT2D eigenvalue weighted by Crippen LogP contribution is 2.27. The van der Waals surface area contributed by atoms with Crippen LogP contribution in [0.4, 0.5) is 0 Å². The highest BCUT2D eigenvalue weighted by Gasteiger charge is 2.38. The number of benzene rings is 1. The Morgan fingerprint density at radius 3 is 1.32 bits per heavy atom. The zero-order valence-electron chi connectivity index (χ0n) is 30.0. The second kappa shape index (κ2) is 61.4. The summed E-state index contributed by atoms with van der Waals surface area (Å²) in [6, 6.07) is 8.95. The number of esters is 1. The number of rotatable bonds is 16. The van der Waals surface area contributed by atoms with Gasteiger partial charge in [0, 0.05) is 18.6 Å². The molecule has 0 saturated heterocycles. The largest absolute Gasteiger partial charge is 0.455 e. The zero-order valence-corrected chi connectivity index (χ0v) is 30.0. The molecule has 50 heavy (non-hydrogen) atoms. The van der Waals surface area contributed by atoms with Crippen molar-refractivity contribution in [2.45, 2.75) is 64.1 Å². The molecule has 0 aromatic heterocycles. The Kier molecular flexibility index (Phi) is 76.4. The van der Waals surface area contributed by atoms with Crippen LogP contribution in [0.25, 0.3) is 0 Å². The van der Waals surface area contributed by atoms with E-state index in [1.165, 1.54) is 19.3 Å². The molecule has 0 aliphatic heterocycles. The van der Waals surface area contributed by atoms with E-state index in [2.05, 4.69) is 68.5 Å². The molecule has 0 aliphatic carbocycles. The minimum atomic E-state index is -1.47. The third kappa shape index (κ3) is 67.3. The van der Waals surface area contributed by atoms with Gasteiger partial charge in [0.1, 0.15) is 5.75 Å². The molecule has 0 aliphatic rings. The summed E-state index contributed by atoms with van der Waals surface area (Å²) in [5, 5.41) is 61.7. The molecule has 13 nitrogen and oxygen atoms in total. The fraction of sp³-hybridized carbons (Fsp3) is 0.486. The summed E-state index contributed by atoms with van der Waals surface area (Å²) < 4.78 is 11.2. The number of para-hydroxylation sites is 1. The lowest BCUT2D eigenvalue weighted by atomic mass is 10.0. The van der Waals surface area contributed by atoms with E-state index < -0.39 is 17.7 Å². The average Bonchev–Trinajstić information content (AvgIpc) is 3.08. The summed E-state index contributed by atoms with van der Waals surface area (Å²) in [7, 11) is 0. The SMILES string of the molecule is C=CC(=O)OCC(CCCCCCCCC)(OOC(=O)C=C)Oc1ccccc1.[CH2]C[O].[CH2]C[O].[CH2]C[O].[CH2]C[O].[CH2]C[O].[CH2]C[O].[CH2]C[O]. The van der Waals surface area contributed by atoms with Gasteiger partial charge in [0.2, 0.25) is 0 Å². The quantitative estimate of drug-likeness (QED) is 0.0437. The van der Waals surface area contributed by atoms with Crippen molar-refractivity contribution in [3.63, 3.8) is 0 Å². The lowest BCUT2D eigenvalue weighted by Crippen LogP contribution is -2.45. The summed E-state index contributed by atoms with van der Waals surface area (Å²) >= 11 is 0. The third-order valence-electron chi connectivity index (χ3n) is 4.25. The Morgan fingerprint density at radius 1 is 0.600 bits per heavy atom. The van der Waals surface area contributed by atoms with Crippen molar-refractivity contribution in [1.29, 1.82) is 0 Å². The molecule has 0 fully saturated rings. The summed E-state index contributed by atoms with van der Waals surface area (Å²) in [5.41, 5.74) is 0. The van der Waals surface area contributed by atoms with Gasteiger partial charge >= 0.3 is 11.9 Å². The van der Waals surface area contributed by atoms with Crippen molar-refractivity contribution in [2.75, 3.05) is 52.9 Å². The Hall–Kier alpha value is -2.88. The van der Waals surface area contributed by atoms with Crippen molar-refractivity contribution >= 4 is 11.9 Å². The van der Waals surface area contributed by atoms with Gasteiger partial charge in [-0.1, -0.05) is 76.8 Å². The molecular formula is C37H60O13. The second-order valence-corrected chi connectivity index (χ2v) is 8.13. The molecule has 1 rings (SSSR count). The van der Waals surface area contributed by atoms with Crippen LogP contribution in [-0.2, 0) is 59.8 Å². The Bertz CT molecular complexity index is 704. The number of hydrogen-bond acceptors (Lipinski definition) is 6. The average molecular weight is 713 g/mol. The van der Waals surface area contributed by atoms with Crippen LogP contribution in [0.3, 0.4) is 0 Å². The molecule has 0 saturated carbocycles. The Labute approximate surface area is 303 Å². The fourth-order valence-electron chi connectivity index (χ4n) is 2.68. The molecule has 13 heteroatoms. The lowest BCUT2D eigenvalue weighted by molar-refractivity contribution is -0.390. The van der Waals surface area contributed by atoms with Gasteiger partial charge in [-0.3, -0.25) is 4.89 Å². The van der Waals surface area contributed by atoms with Gasteiger partial charge in [-0.05, 0) is 67.0 Å². The number of carbonyl (C=O) groups excluding carboxylic acids is 2. The van der Waals surface area contributed by atoms with Crippen LogP contribution in [0.5, 0.6) is 5.75 Å². The molecule has 0 spiro atoms. The van der Waals surface area contributed by atoms with Crippen molar-refractivity contribution in [3.8, 4) is 5.75 Å². The van der Waals surface area contributed by atoms with Gasteiger partial charge in [-0.25, -0.2) is 45.3 Å². The normalized spacial score (nSPS) is 9.74. The maximum atomic E-state index is 11.6. The molecule has 0 bridgehead atoms. The van der Waals surface area contributed by atoms with Crippen molar-refractivity contribution in [2.24, 2.45) is 0 Å². The third-order valence-corrected chi connectivity index (χ3v) is 4.25. The summed E-state index contributed by atoms with van der Waals surface area (Å²) in [5.74, 6) is -2.35. The monoisotopic (exact) mass is 712 g/mol. The predicted molar refractivity (Wildman–Crippen MR) is 187 cm³/mol. The van der Waals surface area contributed by atoms with Crippen LogP contribution in [0.1, 0.15) is 58.3 Å². The first-order valence-corrected chi connectivity index (χ1v) is 15.6. The number of carbonyl (C=O) groups is 2. The lowest BCUT2D eigenvalue weighted by Gasteiger charge is -2.31. The first-order chi connectivity index (χ1) is 23.9. The minimum Gasteiger partial charge on any atom is -0.455 e. The van der Waals surface area contributed by atoms with E-state index in [0.717, 1.165) is 37.8 Å². The molecule has 1 aromatic rings. The summed E-state index contributed by atoms with van der Waals surface area (Å²) in [4.78, 5) is 33.3. The first kappa shape index (κ1) is 62.3. The smallest absolute Gasteiger partial charge is 0.365 e. The Morgan fingerprint density at radius 2 is 0.960 bits per heavy atom. The number of ether oxygens (including phenoxy) is 2. The second-order valence-electron chi connectivity index (χ2n) is 8.13. The molecule has 0 heterocycles. The van der Waals surface area contributed by atoms with Crippen LogP contribution in [0.2, 0.25) is 0 Å². The highest BCUT2D eigenvalue weighted by atomic mass is 17.2. The van der Waals surface area contributed by atoms with E-state index in [1.54, 1.807) is 24.3 Å². The zero-order chi connectivity index (χ0) is 40.3. The summed E-state index contributed by atoms with van der Waals surface area (Å²) in [6.45, 7) is 27.4. The molecule has 1 atom stereocenters. The van der Waals surface area contributed by atoms with E-state index >= 15 is 0 Å². The molecule has 0 amide bonds. The van der Waals surface area contributed by atoms with Crippen LogP contribution >= 0.6 is 0 Å². The topological polar surface area (TPSA) is 210 Å². The molecule has 1 unspecified atom stereocenters. The minimum absolute atomic E-state index is 0.250. The standard InChI is InChI=1S/C23H32O6.7C2H4O/c1-4-7-8-9-10-11-15-18-23(19-26-21(24)5-2,29-28-22(25)6-3)27-20-16-13-12-14-17-20;7*1-2-3/h5-6,12-14,16-17H,2-4,7-11,15,18-19H2,1H3;7*1-2H2. The predicted octanol–water partition coefficient (Wildman–Crippen LogP) is 7.05. The van der Waals surface area contributed by atoms with Crippen LogP contribution in [0.15, 0.2) is 55.6 Å². The van der Waals surface area contributed by atoms with Crippen molar-refractivity contribution < 1.29 is 64.6 Å². The summed E-state index contributed by atoms with van der Waals surface area (Å²) in [6.07, 6.45) is 10.0. The highest BCUT2D eigenvalue weighted by molar-refractivity contribution is 5.81. The van der Waals surface area contributed by atoms with Crippen LogP contribution in [-0.4, -0.2) is 70.6 Å². The van der Waals surface area contributed by atoms with Crippen molar-refractivity contribution in [1.82, 2.24) is 0 Å². The molecule has 1 aromatic carbocycles. The number of unbranched alkanes of at least 4 members (excludes halogenated alkanes) is 6. The van der Waals surface area contributed by atoms with Gasteiger partial charge < -0.3 is 9.47 Å². The van der Waals surface area contributed by atoms with E-state index in [4.69, 9.17) is 55.0 Å². The van der Waals surface area contributed by atoms with Gasteiger partial charge in [-0.15, -0.1) is 4.89 Å². The van der Waals surface area contributed by atoms with E-state index in [1.807, 2.05) is 6.07 Å². The maximum Gasteiger partial charge on any atom is 0.365 e. The Balaban J connectivity index is -0.000000144. The first-order valence-electron chi connectivity index (χ1n) is 15.6. The van der Waals surface area contributed by atoms with Crippen molar-refractivity contribution in [3.05, 3.63) is 104 Å². The van der Waals surface area contributed by atoms with Gasteiger partial charge in [0.25, 0.3) is 5.79 Å².